The number of amides is 1. The number of benzene rings is 2. The van der Waals surface area contributed by atoms with Crippen LogP contribution in [-0.2, 0) is 14.3 Å². The highest BCUT2D eigenvalue weighted by molar-refractivity contribution is 6.19. The Morgan fingerprint density at radius 1 is 1.10 bits per heavy atom. The van der Waals surface area contributed by atoms with E-state index >= 15 is 0 Å². The maximum absolute atomic E-state index is 13.9. The second-order valence-electron chi connectivity index (χ2n) is 8.26. The summed E-state index contributed by atoms with van der Waals surface area (Å²) in [7, 11) is 0. The molecule has 2 aromatic carbocycles. The molecule has 5 rings (SSSR count). The molecule has 2 aliphatic heterocycles. The zero-order valence-corrected chi connectivity index (χ0v) is 21.7. The van der Waals surface area contributed by atoms with Gasteiger partial charge in [-0.25, -0.2) is 9.98 Å². The Balaban J connectivity index is 0.00000172. The fraction of sp³-hybridized carbons (Fsp3) is 0.250. The molecule has 0 saturated carbocycles. The lowest BCUT2D eigenvalue weighted by Crippen LogP contribution is -2.38. The van der Waals surface area contributed by atoms with E-state index in [1.165, 1.54) is 6.07 Å². The number of nitrogens with two attached hydrogens (primary N) is 1. The quantitative estimate of drug-likeness (QED) is 0.267. The van der Waals surface area contributed by atoms with Crippen molar-refractivity contribution in [2.45, 2.75) is 20.0 Å². The normalized spacial score (nSPS) is 17.1. The molecule has 3 heterocycles. The predicted octanol–water partition coefficient (Wildman–Crippen LogP) is 3.56. The average molecular weight is 532 g/mol. The number of carbonyl (C=O) groups excluding carboxylic acids is 1. The van der Waals surface area contributed by atoms with Crippen LogP contribution in [0.4, 0.5) is 15.9 Å². The number of nitrogens with zero attached hydrogens (tertiary/aromatic N) is 4. The SMILES string of the molecule is CC.N=C(O/C(N)=N/C1N=C(c2ccccc2)c2ccccc2NC1=O)c1ccc(F)nc1N1CCOCC1. The molecule has 1 fully saturated rings. The first kappa shape index (κ1) is 27.4. The minimum Gasteiger partial charge on any atom is -0.407 e. The summed E-state index contributed by atoms with van der Waals surface area (Å²) in [6.07, 6.45) is -1.26. The average Bonchev–Trinajstić information content (AvgIpc) is 3.11. The minimum absolute atomic E-state index is 0.229. The lowest BCUT2D eigenvalue weighted by molar-refractivity contribution is -0.117. The van der Waals surface area contributed by atoms with Crippen LogP contribution in [0.15, 0.2) is 76.7 Å². The van der Waals surface area contributed by atoms with Gasteiger partial charge in [0.05, 0.1) is 30.2 Å². The van der Waals surface area contributed by atoms with Crippen molar-refractivity contribution in [1.29, 1.82) is 5.41 Å². The number of morpholine rings is 1. The van der Waals surface area contributed by atoms with Gasteiger partial charge in [-0.2, -0.15) is 9.38 Å². The van der Waals surface area contributed by atoms with Gasteiger partial charge in [-0.3, -0.25) is 10.2 Å². The number of ether oxygens (including phenoxy) is 2. The molecule has 1 unspecified atom stereocenters. The van der Waals surface area contributed by atoms with Crippen molar-refractivity contribution in [3.05, 3.63) is 89.4 Å². The van der Waals surface area contributed by atoms with Crippen LogP contribution in [0.2, 0.25) is 0 Å². The van der Waals surface area contributed by atoms with Crippen LogP contribution in [0.25, 0.3) is 0 Å². The van der Waals surface area contributed by atoms with E-state index in [9.17, 15) is 9.18 Å². The number of aliphatic imine (C=N–C) groups is 2. The molecule has 202 valence electrons. The number of pyridine rings is 1. The summed E-state index contributed by atoms with van der Waals surface area (Å²) in [5.74, 6) is -1.33. The van der Waals surface area contributed by atoms with Gasteiger partial charge in [0.15, 0.2) is 0 Å². The topological polar surface area (TPSA) is 138 Å². The maximum atomic E-state index is 13.9. The molecule has 2 aliphatic rings. The third kappa shape index (κ3) is 6.44. The van der Waals surface area contributed by atoms with Crippen LogP contribution >= 0.6 is 0 Å². The summed E-state index contributed by atoms with van der Waals surface area (Å²) in [4.78, 5) is 27.5. The van der Waals surface area contributed by atoms with Gasteiger partial charge in [-0.15, -0.1) is 0 Å². The van der Waals surface area contributed by atoms with E-state index in [1.807, 2.05) is 62.4 Å². The van der Waals surface area contributed by atoms with Crippen LogP contribution in [0.3, 0.4) is 0 Å². The zero-order valence-electron chi connectivity index (χ0n) is 21.7. The first-order valence-corrected chi connectivity index (χ1v) is 12.6. The van der Waals surface area contributed by atoms with Crippen molar-refractivity contribution in [1.82, 2.24) is 4.98 Å². The molecule has 1 amide bonds. The van der Waals surface area contributed by atoms with Gasteiger partial charge in [0.2, 0.25) is 18.0 Å². The van der Waals surface area contributed by atoms with Crippen molar-refractivity contribution in [3.63, 3.8) is 0 Å². The molecule has 4 N–H and O–H groups in total. The molecule has 0 radical (unpaired) electrons. The van der Waals surface area contributed by atoms with Crippen molar-refractivity contribution in [3.8, 4) is 0 Å². The van der Waals surface area contributed by atoms with Crippen molar-refractivity contribution in [2.24, 2.45) is 15.7 Å². The second-order valence-corrected chi connectivity index (χ2v) is 8.26. The van der Waals surface area contributed by atoms with E-state index in [2.05, 4.69) is 20.3 Å². The number of halogens is 1. The fourth-order valence-electron chi connectivity index (χ4n) is 4.09. The molecule has 0 bridgehead atoms. The molecular weight excluding hydrogens is 501 g/mol. The standard InChI is InChI=1S/C26H24FN7O3.C2H6/c27-20-11-10-18(24(31-20)34-12-14-36-15-13-34)22(28)37-26(29)33-23-25(35)30-19-9-5-4-8-17(19)21(32-23)16-6-2-1-3-7-16;1-2/h1-11,23,28H,12-15H2,(H2,29,33)(H,30,35);1-2H3. The summed E-state index contributed by atoms with van der Waals surface area (Å²) in [6.45, 7) is 5.88. The Morgan fingerprint density at radius 2 is 1.79 bits per heavy atom. The smallest absolute Gasteiger partial charge is 0.291 e. The largest absolute Gasteiger partial charge is 0.407 e. The molecule has 39 heavy (non-hydrogen) atoms. The number of nitrogens with one attached hydrogen (secondary N) is 2. The number of anilines is 2. The van der Waals surface area contributed by atoms with E-state index in [0.29, 0.717) is 37.7 Å². The predicted molar refractivity (Wildman–Crippen MR) is 149 cm³/mol. The molecule has 1 atom stereocenters. The number of hydrogen-bond donors (Lipinski definition) is 3. The van der Waals surface area contributed by atoms with Gasteiger partial charge in [-0.05, 0) is 18.2 Å². The lowest BCUT2D eigenvalue weighted by atomic mass is 10.0. The molecule has 1 aromatic heterocycles. The summed E-state index contributed by atoms with van der Waals surface area (Å²) in [5, 5.41) is 11.3. The first-order valence-electron chi connectivity index (χ1n) is 12.6. The molecule has 10 nitrogen and oxygen atoms in total. The fourth-order valence-corrected chi connectivity index (χ4v) is 4.09. The summed E-state index contributed by atoms with van der Waals surface area (Å²) in [6, 6.07) is 18.8. The molecule has 3 aromatic rings. The number of benzodiazepines with no additional fused rings is 1. The number of aromatic nitrogens is 1. The minimum atomic E-state index is -1.26. The van der Waals surface area contributed by atoms with E-state index < -0.39 is 24.0 Å². The van der Waals surface area contributed by atoms with Crippen LogP contribution in [0, 0.1) is 11.4 Å². The second kappa shape index (κ2) is 12.7. The van der Waals surface area contributed by atoms with Crippen molar-refractivity contribution < 1.29 is 18.7 Å². The van der Waals surface area contributed by atoms with E-state index in [-0.39, 0.29) is 17.3 Å². The summed E-state index contributed by atoms with van der Waals surface area (Å²) in [5.41, 5.74) is 8.93. The van der Waals surface area contributed by atoms with Crippen molar-refractivity contribution in [2.75, 3.05) is 36.5 Å². The number of amidine groups is 1. The summed E-state index contributed by atoms with van der Waals surface area (Å²) >= 11 is 0. The van der Waals surface area contributed by atoms with Gasteiger partial charge >= 0.3 is 0 Å². The molecule has 0 aliphatic carbocycles. The van der Waals surface area contributed by atoms with Gasteiger partial charge in [0.25, 0.3) is 11.9 Å². The third-order valence-electron chi connectivity index (χ3n) is 5.83. The molecule has 11 heteroatoms. The maximum Gasteiger partial charge on any atom is 0.291 e. The Kier molecular flexibility index (Phi) is 8.95. The Morgan fingerprint density at radius 3 is 2.54 bits per heavy atom. The molecular formula is C28H30FN7O3. The van der Waals surface area contributed by atoms with E-state index in [0.717, 1.165) is 17.2 Å². The van der Waals surface area contributed by atoms with Gasteiger partial charge in [0.1, 0.15) is 5.82 Å². The third-order valence-corrected chi connectivity index (χ3v) is 5.83. The zero-order chi connectivity index (χ0) is 27.8. The summed E-state index contributed by atoms with van der Waals surface area (Å²) < 4.78 is 24.7. The number of rotatable bonds is 4. The van der Waals surface area contributed by atoms with Crippen LogP contribution < -0.4 is 16.0 Å². The van der Waals surface area contributed by atoms with Crippen LogP contribution in [0.1, 0.15) is 30.5 Å². The van der Waals surface area contributed by atoms with Crippen LogP contribution in [-0.4, -0.2) is 61.0 Å². The molecule has 1 saturated heterocycles. The number of hydrogen-bond acceptors (Lipinski definition) is 8. The highest BCUT2D eigenvalue weighted by atomic mass is 19.1. The number of fused-ring (bicyclic) bond motifs is 1. The van der Waals surface area contributed by atoms with E-state index in [1.54, 1.807) is 11.0 Å². The molecule has 0 spiro atoms. The Bertz CT molecular complexity index is 1390. The highest BCUT2D eigenvalue weighted by Gasteiger charge is 2.27. The van der Waals surface area contributed by atoms with Gasteiger partial charge in [-0.1, -0.05) is 62.4 Å². The lowest BCUT2D eigenvalue weighted by Gasteiger charge is -2.29. The van der Waals surface area contributed by atoms with Gasteiger partial charge in [0, 0.05) is 24.2 Å². The van der Waals surface area contributed by atoms with E-state index in [4.69, 9.17) is 20.6 Å². The Hall–Kier alpha value is -4.64. The number of para-hydroxylation sites is 1. The van der Waals surface area contributed by atoms with Crippen LogP contribution in [0.5, 0.6) is 0 Å². The number of carbonyl (C=O) groups is 1. The van der Waals surface area contributed by atoms with Crippen molar-refractivity contribution >= 4 is 35.0 Å². The monoisotopic (exact) mass is 531 g/mol. The highest BCUT2D eigenvalue weighted by Crippen LogP contribution is 2.25. The first-order chi connectivity index (χ1) is 19.0. The van der Waals surface area contributed by atoms with Gasteiger partial charge < -0.3 is 25.4 Å². The Labute approximate surface area is 225 Å².